The highest BCUT2D eigenvalue weighted by Crippen LogP contribution is 2.41. The molecule has 1 aliphatic carbocycles. The van der Waals surface area contributed by atoms with Crippen LogP contribution in [0.15, 0.2) is 42.5 Å². The number of hydrogen-bond donors (Lipinski definition) is 1. The topological polar surface area (TPSA) is 42.9 Å². The highest BCUT2D eigenvalue weighted by atomic mass is 16.5. The number of hydrogen-bond acceptors (Lipinski definition) is 2. The van der Waals surface area contributed by atoms with Gasteiger partial charge in [0.25, 0.3) is 0 Å². The number of esters is 1. The van der Waals surface area contributed by atoms with Gasteiger partial charge < -0.3 is 10.1 Å². The minimum absolute atomic E-state index is 0.0104. The third-order valence-corrected chi connectivity index (χ3v) is 5.74. The fourth-order valence-corrected chi connectivity index (χ4v) is 3.89. The molecule has 1 aromatic rings. The van der Waals surface area contributed by atoms with Crippen molar-refractivity contribution in [3.63, 3.8) is 0 Å². The van der Waals surface area contributed by atoms with Crippen LogP contribution in [0.3, 0.4) is 0 Å². The summed E-state index contributed by atoms with van der Waals surface area (Å²) < 4.78 is 6.06. The number of nitrogens with two attached hydrogens (primary N) is 1. The zero-order chi connectivity index (χ0) is 20.3. The molecule has 0 saturated heterocycles. The molecular weight excluding hydrogens is 334 g/mol. The van der Waals surface area contributed by atoms with E-state index in [2.05, 4.69) is 44.9 Å². The fourth-order valence-electron chi connectivity index (χ4n) is 3.89. The van der Waals surface area contributed by atoms with Crippen LogP contribution in [0.1, 0.15) is 71.8 Å². The van der Waals surface area contributed by atoms with Crippen LogP contribution in [0.4, 0.5) is 0 Å². The van der Waals surface area contributed by atoms with Gasteiger partial charge in [0.15, 0.2) is 0 Å². The van der Waals surface area contributed by atoms with E-state index in [1.807, 2.05) is 32.0 Å². The number of ether oxygens (including phenoxy) is 1. The molecule has 1 saturated carbocycles. The molecule has 0 aromatic heterocycles. The molecule has 0 bridgehead atoms. The van der Waals surface area contributed by atoms with Gasteiger partial charge in [-0.2, -0.15) is 0 Å². The maximum absolute atomic E-state index is 13.3. The lowest BCUT2D eigenvalue weighted by molar-refractivity contribution is -0.628. The Hall–Kier alpha value is -1.61. The van der Waals surface area contributed by atoms with Crippen molar-refractivity contribution in [2.45, 2.75) is 77.7 Å². The van der Waals surface area contributed by atoms with Gasteiger partial charge in [-0.25, -0.2) is 0 Å². The number of unbranched alkanes of at least 4 members (excludes halogenated alkanes) is 1. The Bertz CT molecular complexity index is 569. The number of rotatable bonds is 10. The average molecular weight is 375 g/mol. The minimum Gasteiger partial charge on any atom is -0.461 e. The monoisotopic (exact) mass is 374 g/mol. The smallest absolute Gasteiger partial charge is 0.316 e. The minimum atomic E-state index is -0.518. The molecule has 0 aliphatic heterocycles. The first-order valence-corrected chi connectivity index (χ1v) is 10.8. The summed E-state index contributed by atoms with van der Waals surface area (Å²) in [6, 6.07) is 10.2. The molecule has 2 N–H and O–H groups in total. The van der Waals surface area contributed by atoms with E-state index in [1.165, 1.54) is 5.57 Å². The maximum atomic E-state index is 13.3. The first kappa shape index (κ1) is 23.4. The summed E-state index contributed by atoms with van der Waals surface area (Å²) in [4.78, 5) is 13.3. The van der Waals surface area contributed by atoms with Crippen LogP contribution in [0.2, 0.25) is 0 Å². The molecule has 0 spiro atoms. The molecule has 0 radical (unpaired) electrons. The van der Waals surface area contributed by atoms with Gasteiger partial charge in [0.1, 0.15) is 6.10 Å². The van der Waals surface area contributed by atoms with Gasteiger partial charge in [-0.1, -0.05) is 83.0 Å². The highest BCUT2D eigenvalue weighted by Gasteiger charge is 2.44. The van der Waals surface area contributed by atoms with Crippen molar-refractivity contribution in [3.8, 4) is 0 Å². The van der Waals surface area contributed by atoms with E-state index >= 15 is 0 Å². The third kappa shape index (κ3) is 5.68. The second-order valence-corrected chi connectivity index (χ2v) is 7.30. The predicted octanol–water partition coefficient (Wildman–Crippen LogP) is 4.62. The van der Waals surface area contributed by atoms with E-state index in [4.69, 9.17) is 4.74 Å². The summed E-state index contributed by atoms with van der Waals surface area (Å²) in [6.07, 6.45) is 5.60. The molecule has 3 nitrogen and oxygen atoms in total. The molecule has 0 amide bonds. The van der Waals surface area contributed by atoms with Gasteiger partial charge in [0.2, 0.25) is 0 Å². The Morgan fingerprint density at radius 1 is 1.26 bits per heavy atom. The molecule has 1 aliphatic rings. The van der Waals surface area contributed by atoms with E-state index in [0.717, 1.165) is 50.6 Å². The molecule has 27 heavy (non-hydrogen) atoms. The van der Waals surface area contributed by atoms with Gasteiger partial charge in [-0.3, -0.25) is 4.79 Å². The van der Waals surface area contributed by atoms with Crippen molar-refractivity contribution < 1.29 is 14.8 Å². The van der Waals surface area contributed by atoms with Crippen molar-refractivity contribution in [1.29, 1.82) is 0 Å². The van der Waals surface area contributed by atoms with Crippen molar-refractivity contribution in [2.24, 2.45) is 5.92 Å². The van der Waals surface area contributed by atoms with Crippen LogP contribution in [0, 0.1) is 5.92 Å². The van der Waals surface area contributed by atoms with Gasteiger partial charge in [-0.15, -0.1) is 0 Å². The Balaban J connectivity index is 0.00000176. The van der Waals surface area contributed by atoms with Crippen molar-refractivity contribution in [3.05, 3.63) is 48.0 Å². The van der Waals surface area contributed by atoms with Gasteiger partial charge in [0, 0.05) is 18.8 Å². The fraction of sp³-hybridized carbons (Fsp3) is 0.625. The normalized spacial score (nSPS) is 20.7. The quantitative estimate of drug-likeness (QED) is 0.479. The van der Waals surface area contributed by atoms with Crippen LogP contribution in [-0.2, 0) is 14.9 Å². The number of carbonyl (C=O) groups is 1. The lowest BCUT2D eigenvalue weighted by atomic mass is 9.72. The SMILES string of the molecule is C=C1CC(OC(=O)C(CC)(CCCC)c2ccccc2)C1CC[NH2+]C.CC. The van der Waals surface area contributed by atoms with E-state index in [0.29, 0.717) is 5.92 Å². The first-order chi connectivity index (χ1) is 13.1. The number of benzene rings is 1. The second kappa shape index (κ2) is 12.0. The highest BCUT2D eigenvalue weighted by molar-refractivity contribution is 5.83. The molecule has 3 unspecified atom stereocenters. The van der Waals surface area contributed by atoms with Crippen molar-refractivity contribution in [1.82, 2.24) is 0 Å². The standard InChI is InChI=1S/C22H33NO2.C2H6/c1-5-7-14-22(6-2,18-11-9-8-10-12-18)21(24)25-20-16-17(3)19(20)13-15-23-4;1-2/h8-12,19-20,23H,3,5-7,13-16H2,1-2,4H3;1-2H3/p+1. The summed E-state index contributed by atoms with van der Waals surface area (Å²) in [5, 5.41) is 2.17. The Morgan fingerprint density at radius 2 is 1.93 bits per heavy atom. The Morgan fingerprint density at radius 3 is 2.44 bits per heavy atom. The molecule has 3 atom stereocenters. The molecule has 152 valence electrons. The van der Waals surface area contributed by atoms with E-state index in [1.54, 1.807) is 0 Å². The van der Waals surface area contributed by atoms with Crippen LogP contribution >= 0.6 is 0 Å². The molecule has 0 heterocycles. The van der Waals surface area contributed by atoms with Gasteiger partial charge >= 0.3 is 5.97 Å². The summed E-state index contributed by atoms with van der Waals surface area (Å²) >= 11 is 0. The van der Waals surface area contributed by atoms with Gasteiger partial charge in [-0.05, 0) is 18.4 Å². The van der Waals surface area contributed by atoms with Crippen LogP contribution in [0.5, 0.6) is 0 Å². The predicted molar refractivity (Wildman–Crippen MR) is 114 cm³/mol. The largest absolute Gasteiger partial charge is 0.461 e. The lowest BCUT2D eigenvalue weighted by Crippen LogP contribution is -2.80. The molecule has 3 heteroatoms. The number of quaternary nitrogens is 1. The summed E-state index contributed by atoms with van der Waals surface area (Å²) in [7, 11) is 2.07. The zero-order valence-corrected chi connectivity index (χ0v) is 18.1. The van der Waals surface area contributed by atoms with E-state index < -0.39 is 5.41 Å². The summed E-state index contributed by atoms with van der Waals surface area (Å²) in [6.45, 7) is 13.5. The summed E-state index contributed by atoms with van der Waals surface area (Å²) in [5.74, 6) is 0.286. The summed E-state index contributed by atoms with van der Waals surface area (Å²) in [5.41, 5.74) is 1.80. The Labute approximate surface area is 166 Å². The lowest BCUT2D eigenvalue weighted by Gasteiger charge is -2.41. The third-order valence-electron chi connectivity index (χ3n) is 5.74. The molecule has 1 fully saturated rings. The van der Waals surface area contributed by atoms with Crippen molar-refractivity contribution >= 4 is 5.97 Å². The molecule has 2 rings (SSSR count). The van der Waals surface area contributed by atoms with Crippen molar-refractivity contribution in [2.75, 3.05) is 13.6 Å². The maximum Gasteiger partial charge on any atom is 0.316 e. The second-order valence-electron chi connectivity index (χ2n) is 7.30. The number of carbonyl (C=O) groups excluding carboxylic acids is 1. The molecular formula is C24H40NO2+. The Kier molecular flexibility index (Phi) is 10.4. The van der Waals surface area contributed by atoms with Gasteiger partial charge in [0.05, 0.1) is 19.0 Å². The molecule has 1 aromatic carbocycles. The van der Waals surface area contributed by atoms with E-state index in [-0.39, 0.29) is 12.1 Å². The van der Waals surface area contributed by atoms with E-state index in [9.17, 15) is 4.79 Å². The van der Waals surface area contributed by atoms with Crippen LogP contribution in [-0.4, -0.2) is 25.7 Å². The first-order valence-electron chi connectivity index (χ1n) is 10.8. The average Bonchev–Trinajstić information content (AvgIpc) is 2.71. The zero-order valence-electron chi connectivity index (χ0n) is 18.1. The van der Waals surface area contributed by atoms with Crippen LogP contribution < -0.4 is 5.32 Å². The van der Waals surface area contributed by atoms with Crippen LogP contribution in [0.25, 0.3) is 0 Å².